The molecule has 0 aromatic carbocycles. The van der Waals surface area contributed by atoms with Gasteiger partial charge in [-0.1, -0.05) is 24.2 Å². The van der Waals surface area contributed by atoms with Gasteiger partial charge in [0.05, 0.1) is 12.3 Å². The van der Waals surface area contributed by atoms with Gasteiger partial charge in [-0.15, -0.1) is 0 Å². The summed E-state index contributed by atoms with van der Waals surface area (Å²) in [6.45, 7) is 3.52. The van der Waals surface area contributed by atoms with E-state index in [9.17, 15) is 0 Å². The second-order valence-corrected chi connectivity index (χ2v) is 2.49. The Morgan fingerprint density at radius 1 is 1.64 bits per heavy atom. The molecule has 58 valence electrons. The van der Waals surface area contributed by atoms with Gasteiger partial charge in [0.15, 0.2) is 0 Å². The van der Waals surface area contributed by atoms with Crippen molar-refractivity contribution in [1.82, 2.24) is 4.98 Å². The number of halogens is 1. The van der Waals surface area contributed by atoms with Gasteiger partial charge in [0.2, 0.25) is 0 Å². The highest BCUT2D eigenvalue weighted by Gasteiger charge is 1.98. The van der Waals surface area contributed by atoms with E-state index < -0.39 is 0 Å². The number of aliphatic hydroxyl groups excluding tert-OH is 1. The summed E-state index contributed by atoms with van der Waals surface area (Å²) in [4.78, 5) is 3.95. The molecule has 1 rings (SSSR count). The van der Waals surface area contributed by atoms with Crippen molar-refractivity contribution in [3.63, 3.8) is 0 Å². The molecule has 0 fully saturated rings. The summed E-state index contributed by atoms with van der Waals surface area (Å²) < 4.78 is 0. The highest BCUT2D eigenvalue weighted by molar-refractivity contribution is 6.29. The summed E-state index contributed by atoms with van der Waals surface area (Å²) in [5, 5.41) is 9.11. The summed E-state index contributed by atoms with van der Waals surface area (Å²) in [5.74, 6) is 0. The van der Waals surface area contributed by atoms with Gasteiger partial charge in [-0.3, -0.25) is 0 Å². The van der Waals surface area contributed by atoms with E-state index in [0.29, 0.717) is 16.4 Å². The van der Waals surface area contributed by atoms with Crippen LogP contribution in [0.25, 0.3) is 5.57 Å². The van der Waals surface area contributed by atoms with E-state index in [-0.39, 0.29) is 6.61 Å². The molecule has 0 radical (unpaired) electrons. The van der Waals surface area contributed by atoms with Crippen molar-refractivity contribution in [1.29, 1.82) is 0 Å². The van der Waals surface area contributed by atoms with Crippen LogP contribution in [0.4, 0.5) is 0 Å². The molecule has 2 nitrogen and oxygen atoms in total. The fraction of sp³-hybridized carbons (Fsp3) is 0.125. The van der Waals surface area contributed by atoms with Crippen molar-refractivity contribution in [2.45, 2.75) is 0 Å². The lowest BCUT2D eigenvalue weighted by Gasteiger charge is -1.99. The van der Waals surface area contributed by atoms with Gasteiger partial charge < -0.3 is 5.11 Å². The van der Waals surface area contributed by atoms with Crippen LogP contribution in [0.3, 0.4) is 0 Å². The second kappa shape index (κ2) is 3.51. The molecule has 0 unspecified atom stereocenters. The summed E-state index contributed by atoms with van der Waals surface area (Å²) in [5.41, 5.74) is 1.22. The fourth-order valence-electron chi connectivity index (χ4n) is 0.686. The molecular formula is C8H8ClNO. The number of hydrogen-bond donors (Lipinski definition) is 1. The average molecular weight is 170 g/mol. The maximum Gasteiger partial charge on any atom is 0.129 e. The molecule has 11 heavy (non-hydrogen) atoms. The largest absolute Gasteiger partial charge is 0.392 e. The molecule has 1 aromatic heterocycles. The van der Waals surface area contributed by atoms with Gasteiger partial charge in [-0.05, 0) is 17.7 Å². The lowest BCUT2D eigenvalue weighted by atomic mass is 10.2. The first kappa shape index (κ1) is 8.24. The summed E-state index contributed by atoms with van der Waals surface area (Å²) in [7, 11) is 0. The Balaban J connectivity index is 2.96. The molecule has 1 heterocycles. The lowest BCUT2D eigenvalue weighted by Crippen LogP contribution is -1.91. The number of aliphatic hydroxyl groups is 1. The maximum atomic E-state index is 8.70. The van der Waals surface area contributed by atoms with Gasteiger partial charge in [0, 0.05) is 0 Å². The SMILES string of the molecule is C=C(CO)c1cccc(Cl)n1. The molecule has 3 heteroatoms. The van der Waals surface area contributed by atoms with E-state index in [1.165, 1.54) is 0 Å². The Morgan fingerprint density at radius 2 is 2.36 bits per heavy atom. The highest BCUT2D eigenvalue weighted by Crippen LogP contribution is 2.11. The smallest absolute Gasteiger partial charge is 0.129 e. The normalized spacial score (nSPS) is 9.64. The lowest BCUT2D eigenvalue weighted by molar-refractivity contribution is 0.350. The molecule has 0 aliphatic rings. The van der Waals surface area contributed by atoms with Crippen molar-refractivity contribution >= 4 is 17.2 Å². The van der Waals surface area contributed by atoms with Crippen LogP contribution < -0.4 is 0 Å². The quantitative estimate of drug-likeness (QED) is 0.685. The third kappa shape index (κ3) is 2.03. The standard InChI is InChI=1S/C8H8ClNO/c1-6(5-11)7-3-2-4-8(9)10-7/h2-4,11H,1,5H2. The monoisotopic (exact) mass is 169 g/mol. The Labute approximate surface area is 70.2 Å². The van der Waals surface area contributed by atoms with Gasteiger partial charge in [-0.2, -0.15) is 0 Å². The van der Waals surface area contributed by atoms with Crippen LogP contribution in [0, 0.1) is 0 Å². The molecule has 0 saturated carbocycles. The van der Waals surface area contributed by atoms with E-state index >= 15 is 0 Å². The Kier molecular flexibility index (Phi) is 2.63. The molecule has 1 N–H and O–H groups in total. The molecule has 0 saturated heterocycles. The van der Waals surface area contributed by atoms with Crippen LogP contribution in [0.1, 0.15) is 5.69 Å². The summed E-state index contributed by atoms with van der Waals surface area (Å²) in [6, 6.07) is 5.20. The van der Waals surface area contributed by atoms with Gasteiger partial charge in [-0.25, -0.2) is 4.98 Å². The van der Waals surface area contributed by atoms with Crippen molar-refractivity contribution in [3.05, 3.63) is 35.6 Å². The molecule has 0 amide bonds. The first-order valence-electron chi connectivity index (χ1n) is 3.15. The van der Waals surface area contributed by atoms with E-state index in [2.05, 4.69) is 11.6 Å². The number of hydrogen-bond acceptors (Lipinski definition) is 2. The summed E-state index contributed by atoms with van der Waals surface area (Å²) >= 11 is 5.61. The Bertz CT molecular complexity index is 273. The zero-order chi connectivity index (χ0) is 8.27. The number of nitrogens with zero attached hydrogens (tertiary/aromatic N) is 1. The molecular weight excluding hydrogens is 162 g/mol. The molecule has 0 atom stereocenters. The van der Waals surface area contributed by atoms with E-state index in [1.54, 1.807) is 18.2 Å². The van der Waals surface area contributed by atoms with Crippen LogP contribution >= 0.6 is 11.6 Å². The third-order valence-electron chi connectivity index (χ3n) is 1.27. The first-order chi connectivity index (χ1) is 5.24. The Morgan fingerprint density at radius 3 is 2.91 bits per heavy atom. The van der Waals surface area contributed by atoms with Crippen LogP contribution in [-0.4, -0.2) is 16.7 Å². The zero-order valence-electron chi connectivity index (χ0n) is 5.92. The first-order valence-corrected chi connectivity index (χ1v) is 3.53. The molecule has 0 aliphatic heterocycles. The number of aromatic nitrogens is 1. The van der Waals surface area contributed by atoms with Crippen molar-refractivity contribution in [2.24, 2.45) is 0 Å². The highest BCUT2D eigenvalue weighted by atomic mass is 35.5. The van der Waals surface area contributed by atoms with E-state index in [0.717, 1.165) is 0 Å². The minimum atomic E-state index is -0.0899. The van der Waals surface area contributed by atoms with Crippen LogP contribution in [-0.2, 0) is 0 Å². The van der Waals surface area contributed by atoms with E-state index in [1.807, 2.05) is 0 Å². The molecule has 0 bridgehead atoms. The predicted octanol–water partition coefficient (Wildman–Crippen LogP) is 1.74. The molecule has 0 aliphatic carbocycles. The van der Waals surface area contributed by atoms with Gasteiger partial charge in [0.25, 0.3) is 0 Å². The minimum Gasteiger partial charge on any atom is -0.392 e. The van der Waals surface area contributed by atoms with Crippen LogP contribution in [0.2, 0.25) is 5.15 Å². The number of pyridine rings is 1. The maximum absolute atomic E-state index is 8.70. The topological polar surface area (TPSA) is 33.1 Å². The van der Waals surface area contributed by atoms with Gasteiger partial charge in [0.1, 0.15) is 5.15 Å². The van der Waals surface area contributed by atoms with Gasteiger partial charge >= 0.3 is 0 Å². The second-order valence-electron chi connectivity index (χ2n) is 2.11. The summed E-state index contributed by atoms with van der Waals surface area (Å²) in [6.07, 6.45) is 0. The Hall–Kier alpha value is -0.860. The van der Waals surface area contributed by atoms with Crippen molar-refractivity contribution < 1.29 is 5.11 Å². The van der Waals surface area contributed by atoms with Crippen molar-refractivity contribution in [3.8, 4) is 0 Å². The van der Waals surface area contributed by atoms with Crippen LogP contribution in [0.15, 0.2) is 24.8 Å². The molecule has 0 spiro atoms. The predicted molar refractivity (Wildman–Crippen MR) is 45.4 cm³/mol. The molecule has 1 aromatic rings. The third-order valence-corrected chi connectivity index (χ3v) is 1.48. The zero-order valence-corrected chi connectivity index (χ0v) is 6.67. The minimum absolute atomic E-state index is 0.0899. The number of rotatable bonds is 2. The fourth-order valence-corrected chi connectivity index (χ4v) is 0.850. The van der Waals surface area contributed by atoms with E-state index in [4.69, 9.17) is 16.7 Å². The van der Waals surface area contributed by atoms with Crippen LogP contribution in [0.5, 0.6) is 0 Å². The van der Waals surface area contributed by atoms with Crippen molar-refractivity contribution in [2.75, 3.05) is 6.61 Å². The average Bonchev–Trinajstić information content (AvgIpc) is 2.03.